The number of rotatable bonds is 4. The Hall–Kier alpha value is -2.19. The maximum atomic E-state index is 12.0. The zero-order chi connectivity index (χ0) is 18.9. The number of nitrogens with zero attached hydrogens (tertiary/aromatic N) is 4. The minimum atomic E-state index is -0.597. The molecule has 0 aliphatic carbocycles. The number of aryl methyl sites for hydroxylation is 1. The van der Waals surface area contributed by atoms with E-state index < -0.39 is 11.7 Å². The molecule has 0 saturated carbocycles. The summed E-state index contributed by atoms with van der Waals surface area (Å²) in [5.41, 5.74) is 0.0510. The molecule has 1 aliphatic rings. The molecule has 3 rings (SSSR count). The fourth-order valence-corrected chi connectivity index (χ4v) is 2.97. The molecule has 0 unspecified atom stereocenters. The maximum absolute atomic E-state index is 12.0. The van der Waals surface area contributed by atoms with Crippen LogP contribution in [0.1, 0.15) is 32.2 Å². The van der Waals surface area contributed by atoms with Crippen molar-refractivity contribution in [3.63, 3.8) is 0 Å². The van der Waals surface area contributed by atoms with Gasteiger partial charge in [-0.1, -0.05) is 11.6 Å². The Balaban J connectivity index is 1.84. The van der Waals surface area contributed by atoms with Gasteiger partial charge in [0.1, 0.15) is 28.7 Å². The molecule has 1 fully saturated rings. The van der Waals surface area contributed by atoms with E-state index in [4.69, 9.17) is 21.1 Å². The number of amides is 1. The summed E-state index contributed by atoms with van der Waals surface area (Å²) in [6.07, 6.45) is 1.73. The molecule has 2 aromatic heterocycles. The van der Waals surface area contributed by atoms with E-state index in [1.807, 2.05) is 11.6 Å². The molecule has 26 heavy (non-hydrogen) atoms. The molecular formula is C17H22ClN5O3. The van der Waals surface area contributed by atoms with E-state index in [2.05, 4.69) is 20.5 Å². The van der Waals surface area contributed by atoms with Gasteiger partial charge in [-0.3, -0.25) is 5.32 Å². The molecule has 9 heteroatoms. The number of carbonyl (C=O) groups is 1. The van der Waals surface area contributed by atoms with Gasteiger partial charge in [0.15, 0.2) is 0 Å². The van der Waals surface area contributed by atoms with Crippen molar-refractivity contribution in [2.75, 3.05) is 18.5 Å². The summed E-state index contributed by atoms with van der Waals surface area (Å²) in [6, 6.07) is 3.59. The highest BCUT2D eigenvalue weighted by molar-refractivity contribution is 6.29. The van der Waals surface area contributed by atoms with E-state index in [9.17, 15) is 4.79 Å². The van der Waals surface area contributed by atoms with Gasteiger partial charge in [0.2, 0.25) is 0 Å². The first-order chi connectivity index (χ1) is 12.2. The Morgan fingerprint density at radius 1 is 1.42 bits per heavy atom. The maximum Gasteiger partial charge on any atom is 0.413 e. The van der Waals surface area contributed by atoms with Crippen LogP contribution in [0.25, 0.3) is 0 Å². The summed E-state index contributed by atoms with van der Waals surface area (Å²) < 4.78 is 12.6. The van der Waals surface area contributed by atoms with Crippen LogP contribution >= 0.6 is 11.6 Å². The van der Waals surface area contributed by atoms with E-state index in [0.717, 1.165) is 11.4 Å². The molecule has 0 aromatic carbocycles. The molecule has 0 radical (unpaired) electrons. The largest absolute Gasteiger partial charge is 0.444 e. The Labute approximate surface area is 156 Å². The van der Waals surface area contributed by atoms with E-state index in [1.165, 1.54) is 0 Å². The molecule has 2 aromatic rings. The lowest BCUT2D eigenvalue weighted by Gasteiger charge is -2.41. The van der Waals surface area contributed by atoms with Crippen molar-refractivity contribution in [1.82, 2.24) is 19.7 Å². The monoisotopic (exact) mass is 379 g/mol. The minimum Gasteiger partial charge on any atom is -0.444 e. The van der Waals surface area contributed by atoms with Crippen LogP contribution in [0, 0.1) is 0 Å². The molecular weight excluding hydrogens is 358 g/mol. The number of hydrogen-bond acceptors (Lipinski definition) is 6. The first-order valence-electron chi connectivity index (χ1n) is 8.26. The summed E-state index contributed by atoms with van der Waals surface area (Å²) in [5.74, 6) is 1.19. The topological polar surface area (TPSA) is 91.2 Å². The van der Waals surface area contributed by atoms with Crippen molar-refractivity contribution >= 4 is 23.5 Å². The highest BCUT2D eigenvalue weighted by Crippen LogP contribution is 2.37. The molecule has 1 amide bonds. The summed E-state index contributed by atoms with van der Waals surface area (Å²) in [5, 5.41) is 11.0. The van der Waals surface area contributed by atoms with Crippen LogP contribution in [0.3, 0.4) is 0 Å². The number of hydrogen-bond donors (Lipinski definition) is 1. The lowest BCUT2D eigenvalue weighted by atomic mass is 9.76. The van der Waals surface area contributed by atoms with Gasteiger partial charge in [0.25, 0.3) is 0 Å². The summed E-state index contributed by atoms with van der Waals surface area (Å²) in [7, 11) is 1.90. The third kappa shape index (κ3) is 4.13. The predicted octanol–water partition coefficient (Wildman–Crippen LogP) is 2.72. The van der Waals surface area contributed by atoms with Crippen molar-refractivity contribution in [3.05, 3.63) is 35.0 Å². The van der Waals surface area contributed by atoms with Crippen molar-refractivity contribution in [2.45, 2.75) is 38.2 Å². The van der Waals surface area contributed by atoms with Gasteiger partial charge < -0.3 is 14.0 Å². The normalized spacial score (nSPS) is 16.0. The van der Waals surface area contributed by atoms with E-state index in [0.29, 0.717) is 25.5 Å². The fraction of sp³-hybridized carbons (Fsp3) is 0.529. The Bertz CT molecular complexity index is 811. The standard InChI is InChI=1S/C17H22ClN5O3/c1-16(2,3)26-15(24)21-13-6-11(5-12(18)20-13)17(8-25-9-17)7-14-22-19-10-23(14)4/h5-6,10H,7-9H2,1-4H3,(H,20,21,24). The highest BCUT2D eigenvalue weighted by Gasteiger charge is 2.42. The smallest absolute Gasteiger partial charge is 0.413 e. The molecule has 3 heterocycles. The SMILES string of the molecule is Cn1cnnc1CC1(c2cc(Cl)nc(NC(=O)OC(C)(C)C)c2)COC1. The molecule has 140 valence electrons. The van der Waals surface area contributed by atoms with Crippen molar-refractivity contribution in [2.24, 2.45) is 7.05 Å². The average Bonchev–Trinajstić information content (AvgIpc) is 2.85. The Kier molecular flexibility index (Phi) is 4.90. The van der Waals surface area contributed by atoms with Crippen molar-refractivity contribution in [3.8, 4) is 0 Å². The van der Waals surface area contributed by atoms with Crippen LogP contribution < -0.4 is 5.32 Å². The molecule has 1 N–H and O–H groups in total. The zero-order valence-corrected chi connectivity index (χ0v) is 16.0. The van der Waals surface area contributed by atoms with Gasteiger partial charge >= 0.3 is 6.09 Å². The second-order valence-corrected chi connectivity index (χ2v) is 7.89. The zero-order valence-electron chi connectivity index (χ0n) is 15.2. The molecule has 1 saturated heterocycles. The third-order valence-electron chi connectivity index (χ3n) is 4.09. The van der Waals surface area contributed by atoms with Gasteiger partial charge in [-0.05, 0) is 38.5 Å². The molecule has 8 nitrogen and oxygen atoms in total. The fourth-order valence-electron chi connectivity index (χ4n) is 2.76. The summed E-state index contributed by atoms with van der Waals surface area (Å²) in [6.45, 7) is 6.46. The molecule has 0 bridgehead atoms. The van der Waals surface area contributed by atoms with E-state index in [1.54, 1.807) is 39.2 Å². The number of anilines is 1. The Morgan fingerprint density at radius 2 is 2.15 bits per heavy atom. The van der Waals surface area contributed by atoms with Gasteiger partial charge in [-0.2, -0.15) is 0 Å². The third-order valence-corrected chi connectivity index (χ3v) is 4.29. The van der Waals surface area contributed by atoms with Crippen LogP contribution in [-0.2, 0) is 28.4 Å². The van der Waals surface area contributed by atoms with E-state index >= 15 is 0 Å². The van der Waals surface area contributed by atoms with Gasteiger partial charge in [-0.15, -0.1) is 10.2 Å². The number of pyridine rings is 1. The van der Waals surface area contributed by atoms with E-state index in [-0.39, 0.29) is 10.6 Å². The minimum absolute atomic E-state index is 0.280. The number of aromatic nitrogens is 4. The number of carbonyl (C=O) groups excluding carboxylic acids is 1. The quantitative estimate of drug-likeness (QED) is 0.821. The van der Waals surface area contributed by atoms with Crippen LogP contribution in [0.4, 0.5) is 10.6 Å². The number of halogens is 1. The molecule has 0 atom stereocenters. The second kappa shape index (κ2) is 6.85. The first kappa shape index (κ1) is 18.6. The van der Waals surface area contributed by atoms with Crippen molar-refractivity contribution < 1.29 is 14.3 Å². The summed E-state index contributed by atoms with van der Waals surface area (Å²) >= 11 is 6.19. The number of ether oxygens (including phenoxy) is 2. The average molecular weight is 380 g/mol. The van der Waals surface area contributed by atoms with Crippen molar-refractivity contribution in [1.29, 1.82) is 0 Å². The van der Waals surface area contributed by atoms with Crippen LogP contribution in [0.15, 0.2) is 18.5 Å². The van der Waals surface area contributed by atoms with Crippen LogP contribution in [0.5, 0.6) is 0 Å². The second-order valence-electron chi connectivity index (χ2n) is 7.50. The van der Waals surface area contributed by atoms with Crippen LogP contribution in [0.2, 0.25) is 5.15 Å². The molecule has 0 spiro atoms. The highest BCUT2D eigenvalue weighted by atomic mass is 35.5. The van der Waals surface area contributed by atoms with Gasteiger partial charge in [0.05, 0.1) is 13.2 Å². The lowest BCUT2D eigenvalue weighted by Crippen LogP contribution is -2.49. The van der Waals surface area contributed by atoms with Crippen LogP contribution in [-0.4, -0.2) is 44.7 Å². The van der Waals surface area contributed by atoms with Gasteiger partial charge in [0, 0.05) is 18.9 Å². The summed E-state index contributed by atoms with van der Waals surface area (Å²) in [4.78, 5) is 16.2. The first-order valence-corrected chi connectivity index (χ1v) is 8.63. The number of nitrogens with one attached hydrogen (secondary N) is 1. The lowest BCUT2D eigenvalue weighted by molar-refractivity contribution is -0.0611. The molecule has 1 aliphatic heterocycles. The Morgan fingerprint density at radius 3 is 2.69 bits per heavy atom. The van der Waals surface area contributed by atoms with Gasteiger partial charge in [-0.25, -0.2) is 9.78 Å². The predicted molar refractivity (Wildman–Crippen MR) is 96.3 cm³/mol.